The van der Waals surface area contributed by atoms with Crippen LogP contribution in [0.2, 0.25) is 0 Å². The van der Waals surface area contributed by atoms with Crippen LogP contribution in [0.25, 0.3) is 0 Å². The van der Waals surface area contributed by atoms with Crippen LogP contribution in [0.5, 0.6) is 5.75 Å². The number of nitrogens with zero attached hydrogens (tertiary/aromatic N) is 2. The topological polar surface area (TPSA) is 113 Å². The van der Waals surface area contributed by atoms with Gasteiger partial charge in [0.05, 0.1) is 11.5 Å². The third-order valence-corrected chi connectivity index (χ3v) is 10.8. The van der Waals surface area contributed by atoms with Gasteiger partial charge in [0.2, 0.25) is 11.8 Å². The second kappa shape index (κ2) is 9.69. The summed E-state index contributed by atoms with van der Waals surface area (Å²) in [7, 11) is -2.82. The van der Waals surface area contributed by atoms with E-state index < -0.39 is 21.8 Å². The molecule has 3 atom stereocenters. The molecule has 1 unspecified atom stereocenters. The second-order valence-electron chi connectivity index (χ2n) is 11.4. The van der Waals surface area contributed by atoms with Crippen LogP contribution >= 0.6 is 0 Å². The van der Waals surface area contributed by atoms with Crippen molar-refractivity contribution in [2.24, 2.45) is 11.8 Å². The van der Waals surface area contributed by atoms with Gasteiger partial charge in [-0.3, -0.25) is 24.6 Å². The highest BCUT2D eigenvalue weighted by atomic mass is 32.2. The number of ether oxygens (including phenoxy) is 1. The van der Waals surface area contributed by atoms with Gasteiger partial charge in [0.1, 0.15) is 27.7 Å². The number of fused-ring (bicyclic) bond motifs is 1. The Morgan fingerprint density at radius 3 is 2.43 bits per heavy atom. The summed E-state index contributed by atoms with van der Waals surface area (Å²) in [6, 6.07) is 5.33. The molecule has 1 aromatic carbocycles. The quantitative estimate of drug-likeness (QED) is 0.580. The number of hydrogen-bond donors (Lipinski definition) is 1. The molecule has 3 saturated heterocycles. The molecule has 9 nitrogen and oxygen atoms in total. The lowest BCUT2D eigenvalue weighted by Crippen LogP contribution is -2.59. The van der Waals surface area contributed by atoms with Gasteiger partial charge in [0, 0.05) is 37.7 Å². The van der Waals surface area contributed by atoms with E-state index in [1.54, 1.807) is 11.0 Å². The van der Waals surface area contributed by atoms with Crippen molar-refractivity contribution < 1.29 is 27.5 Å². The van der Waals surface area contributed by atoms with Crippen molar-refractivity contribution in [2.75, 3.05) is 24.6 Å². The van der Waals surface area contributed by atoms with Crippen LogP contribution in [0, 0.1) is 11.8 Å². The summed E-state index contributed by atoms with van der Waals surface area (Å²) in [6.07, 6.45) is 6.69. The predicted octanol–water partition coefficient (Wildman–Crippen LogP) is 1.89. The molecule has 200 valence electrons. The maximum Gasteiger partial charge on any atom is 0.255 e. The third-order valence-electron chi connectivity index (χ3n) is 9.12. The molecule has 4 fully saturated rings. The predicted molar refractivity (Wildman–Crippen MR) is 136 cm³/mol. The summed E-state index contributed by atoms with van der Waals surface area (Å²) in [5.74, 6) is 1.67. The van der Waals surface area contributed by atoms with Gasteiger partial charge < -0.3 is 9.64 Å². The van der Waals surface area contributed by atoms with Crippen molar-refractivity contribution in [3.8, 4) is 5.75 Å². The highest BCUT2D eigenvalue weighted by molar-refractivity contribution is 7.91. The number of sulfone groups is 1. The Labute approximate surface area is 217 Å². The fourth-order valence-corrected chi connectivity index (χ4v) is 8.46. The Balaban J connectivity index is 1.08. The van der Waals surface area contributed by atoms with E-state index in [0.717, 1.165) is 56.5 Å². The maximum atomic E-state index is 13.0. The van der Waals surface area contributed by atoms with Crippen molar-refractivity contribution in [3.63, 3.8) is 0 Å². The number of amides is 3. The SMILES string of the molecule is O=C1CCC(N2Cc3cc(O[C@@H]4CCCC[C@@H]4N4CC(C5CCS(=O)(=O)CC5)C4)ccc3C2=O)C(=O)N1. The molecule has 0 spiro atoms. The average Bonchev–Trinajstić information content (AvgIpc) is 3.15. The number of piperidine rings is 1. The van der Waals surface area contributed by atoms with E-state index in [4.69, 9.17) is 4.74 Å². The number of likely N-dealkylation sites (tertiary alicyclic amines) is 1. The number of rotatable bonds is 5. The number of imide groups is 1. The van der Waals surface area contributed by atoms with Crippen LogP contribution in [-0.4, -0.2) is 78.7 Å². The summed E-state index contributed by atoms with van der Waals surface area (Å²) >= 11 is 0. The van der Waals surface area contributed by atoms with Gasteiger partial charge in [0.15, 0.2) is 0 Å². The van der Waals surface area contributed by atoms with E-state index in [1.807, 2.05) is 12.1 Å². The highest BCUT2D eigenvalue weighted by Gasteiger charge is 2.43. The first-order valence-electron chi connectivity index (χ1n) is 13.7. The molecular weight excluding hydrogens is 494 g/mol. The molecular formula is C27H35N3O6S. The van der Waals surface area contributed by atoms with Gasteiger partial charge in [-0.25, -0.2) is 8.42 Å². The van der Waals surface area contributed by atoms with Crippen molar-refractivity contribution in [1.29, 1.82) is 0 Å². The van der Waals surface area contributed by atoms with Gasteiger partial charge in [-0.1, -0.05) is 6.42 Å². The molecule has 1 aromatic rings. The molecule has 4 aliphatic heterocycles. The van der Waals surface area contributed by atoms with Crippen molar-refractivity contribution in [1.82, 2.24) is 15.1 Å². The number of nitrogens with one attached hydrogen (secondary N) is 1. The minimum atomic E-state index is -2.82. The normalized spacial score (nSPS) is 31.1. The fourth-order valence-electron chi connectivity index (χ4n) is 6.93. The van der Waals surface area contributed by atoms with Gasteiger partial charge in [-0.15, -0.1) is 0 Å². The molecule has 0 aromatic heterocycles. The van der Waals surface area contributed by atoms with E-state index in [-0.39, 0.29) is 24.3 Å². The maximum absolute atomic E-state index is 13.0. The minimum absolute atomic E-state index is 0.0859. The minimum Gasteiger partial charge on any atom is -0.489 e. The molecule has 6 rings (SSSR count). The highest BCUT2D eigenvalue weighted by Crippen LogP contribution is 2.38. The lowest BCUT2D eigenvalue weighted by atomic mass is 9.79. The Morgan fingerprint density at radius 1 is 0.919 bits per heavy atom. The summed E-state index contributed by atoms with van der Waals surface area (Å²) in [6.45, 7) is 2.39. The van der Waals surface area contributed by atoms with Crippen LogP contribution in [0.1, 0.15) is 67.3 Å². The van der Waals surface area contributed by atoms with E-state index in [0.29, 0.717) is 47.9 Å². The number of carbonyl (C=O) groups is 3. The van der Waals surface area contributed by atoms with Gasteiger partial charge in [0.25, 0.3) is 5.91 Å². The Morgan fingerprint density at radius 2 is 1.68 bits per heavy atom. The Bertz CT molecular complexity index is 1200. The number of benzene rings is 1. The zero-order valence-corrected chi connectivity index (χ0v) is 21.9. The average molecular weight is 530 g/mol. The molecule has 1 saturated carbocycles. The first kappa shape index (κ1) is 24.9. The zero-order valence-electron chi connectivity index (χ0n) is 21.1. The van der Waals surface area contributed by atoms with E-state index >= 15 is 0 Å². The lowest BCUT2D eigenvalue weighted by molar-refractivity contribution is -0.136. The third kappa shape index (κ3) is 4.90. The van der Waals surface area contributed by atoms with E-state index in [2.05, 4.69) is 10.2 Å². The molecule has 4 heterocycles. The van der Waals surface area contributed by atoms with Crippen LogP contribution in [0.4, 0.5) is 0 Å². The van der Waals surface area contributed by atoms with E-state index in [9.17, 15) is 22.8 Å². The molecule has 10 heteroatoms. The van der Waals surface area contributed by atoms with Crippen LogP contribution in [-0.2, 0) is 26.0 Å². The Kier molecular flexibility index (Phi) is 6.51. The van der Waals surface area contributed by atoms with Crippen LogP contribution < -0.4 is 10.1 Å². The Hall–Kier alpha value is -2.46. The van der Waals surface area contributed by atoms with Crippen molar-refractivity contribution >= 4 is 27.6 Å². The first-order chi connectivity index (χ1) is 17.8. The molecule has 3 amide bonds. The molecule has 1 aliphatic carbocycles. The molecule has 1 N–H and O–H groups in total. The lowest BCUT2D eigenvalue weighted by Gasteiger charge is -2.51. The van der Waals surface area contributed by atoms with Crippen molar-refractivity contribution in [2.45, 2.75) is 76.1 Å². The van der Waals surface area contributed by atoms with Crippen LogP contribution in [0.3, 0.4) is 0 Å². The largest absolute Gasteiger partial charge is 0.489 e. The smallest absolute Gasteiger partial charge is 0.255 e. The second-order valence-corrected chi connectivity index (χ2v) is 13.7. The molecule has 0 radical (unpaired) electrons. The van der Waals surface area contributed by atoms with Gasteiger partial charge in [-0.2, -0.15) is 0 Å². The van der Waals surface area contributed by atoms with Crippen molar-refractivity contribution in [3.05, 3.63) is 29.3 Å². The molecule has 0 bridgehead atoms. The zero-order chi connectivity index (χ0) is 25.7. The van der Waals surface area contributed by atoms with Gasteiger partial charge in [-0.05, 0) is 74.1 Å². The van der Waals surface area contributed by atoms with E-state index in [1.165, 1.54) is 6.42 Å². The monoisotopic (exact) mass is 529 g/mol. The molecule has 37 heavy (non-hydrogen) atoms. The number of hydrogen-bond acceptors (Lipinski definition) is 7. The first-order valence-corrected chi connectivity index (χ1v) is 15.5. The summed E-state index contributed by atoms with van der Waals surface area (Å²) < 4.78 is 30.1. The van der Waals surface area contributed by atoms with Crippen LogP contribution in [0.15, 0.2) is 18.2 Å². The van der Waals surface area contributed by atoms with Gasteiger partial charge >= 0.3 is 0 Å². The fraction of sp³-hybridized carbons (Fsp3) is 0.667. The number of carbonyl (C=O) groups excluding carboxylic acids is 3. The summed E-state index contributed by atoms with van der Waals surface area (Å²) in [5, 5.41) is 2.35. The summed E-state index contributed by atoms with van der Waals surface area (Å²) in [4.78, 5) is 40.9. The standard InChI is InChI=1S/C27H35N3O6S/c31-25-8-7-23(26(32)28-25)30-16-18-13-20(5-6-21(18)27(30)33)36-24-4-2-1-3-22(24)29-14-19(15-29)17-9-11-37(34,35)12-10-17/h5-6,13,17,19,22-24H,1-4,7-12,14-16H2,(H,28,31,32)/t22-,23?,24+/m0/s1. The summed E-state index contributed by atoms with van der Waals surface area (Å²) in [5.41, 5.74) is 1.45. The molecule has 5 aliphatic rings.